The van der Waals surface area contributed by atoms with E-state index >= 15 is 0 Å². The Morgan fingerprint density at radius 1 is 1.07 bits per heavy atom. The Balaban J connectivity index is 1.72. The van der Waals surface area contributed by atoms with Crippen LogP contribution < -0.4 is 4.90 Å². The molecule has 0 saturated carbocycles. The third-order valence-corrected chi connectivity index (χ3v) is 5.37. The molecule has 0 unspecified atom stereocenters. The van der Waals surface area contributed by atoms with Crippen molar-refractivity contribution in [1.82, 2.24) is 24.1 Å². The molecule has 1 aromatic carbocycles. The highest BCUT2D eigenvalue weighted by Gasteiger charge is 2.45. The van der Waals surface area contributed by atoms with Crippen LogP contribution in [-0.2, 0) is 7.05 Å². The fraction of sp³-hybridized carbons (Fsp3) is 0.286. The summed E-state index contributed by atoms with van der Waals surface area (Å²) in [4.78, 5) is 10.8. The Kier molecular flexibility index (Phi) is 3.74. The molecular weight excluding hydrogens is 374 g/mol. The molecule has 4 heterocycles. The maximum absolute atomic E-state index is 13.5. The zero-order chi connectivity index (χ0) is 20.3. The number of imidazole rings is 1. The molecule has 148 valence electrons. The fourth-order valence-electron chi connectivity index (χ4n) is 3.92. The van der Waals surface area contributed by atoms with E-state index < -0.39 is 5.92 Å². The van der Waals surface area contributed by atoms with Gasteiger partial charge in [-0.1, -0.05) is 29.8 Å². The highest BCUT2D eigenvalue weighted by Crippen LogP contribution is 2.39. The predicted molar refractivity (Wildman–Crippen MR) is 107 cm³/mol. The molecule has 1 fully saturated rings. The van der Waals surface area contributed by atoms with Gasteiger partial charge in [-0.15, -0.1) is 0 Å². The lowest BCUT2D eigenvalue weighted by Gasteiger charge is -2.39. The van der Waals surface area contributed by atoms with Gasteiger partial charge in [0.15, 0.2) is 5.82 Å². The van der Waals surface area contributed by atoms with Crippen molar-refractivity contribution in [1.29, 1.82) is 0 Å². The summed E-state index contributed by atoms with van der Waals surface area (Å²) in [7, 11) is 1.89. The SMILES string of the molecule is Cc1ccc(-c2c(-c3nc(C)n4ccnc(N5CC(F)(F)C5)c34)cnn2C)cc1. The maximum atomic E-state index is 13.5. The minimum atomic E-state index is -2.68. The molecular formula is C21H20F2N6. The lowest BCUT2D eigenvalue weighted by molar-refractivity contribution is -0.0265. The van der Waals surface area contributed by atoms with Gasteiger partial charge in [0, 0.05) is 30.6 Å². The Hall–Kier alpha value is -3.29. The second kappa shape index (κ2) is 6.10. The number of halogens is 2. The lowest BCUT2D eigenvalue weighted by Crippen LogP contribution is -2.56. The van der Waals surface area contributed by atoms with Crippen LogP contribution in [0.25, 0.3) is 28.0 Å². The number of hydrogen-bond acceptors (Lipinski definition) is 4. The summed E-state index contributed by atoms with van der Waals surface area (Å²) < 4.78 is 30.8. The van der Waals surface area contributed by atoms with Crippen LogP contribution in [0.3, 0.4) is 0 Å². The minimum absolute atomic E-state index is 0.332. The summed E-state index contributed by atoms with van der Waals surface area (Å²) in [6.07, 6.45) is 5.21. The van der Waals surface area contributed by atoms with Crippen molar-refractivity contribution < 1.29 is 8.78 Å². The third-order valence-electron chi connectivity index (χ3n) is 5.37. The van der Waals surface area contributed by atoms with Crippen molar-refractivity contribution in [3.63, 3.8) is 0 Å². The number of fused-ring (bicyclic) bond motifs is 1. The normalized spacial score (nSPS) is 15.7. The van der Waals surface area contributed by atoms with E-state index in [0.717, 1.165) is 28.2 Å². The molecule has 0 amide bonds. The van der Waals surface area contributed by atoms with Crippen molar-refractivity contribution in [2.45, 2.75) is 19.8 Å². The molecule has 0 N–H and O–H groups in total. The lowest BCUT2D eigenvalue weighted by atomic mass is 10.0. The molecule has 0 bridgehead atoms. The Labute approximate surface area is 166 Å². The van der Waals surface area contributed by atoms with E-state index in [1.165, 1.54) is 5.56 Å². The first-order valence-corrected chi connectivity index (χ1v) is 9.40. The molecule has 1 saturated heterocycles. The van der Waals surface area contributed by atoms with Crippen molar-refractivity contribution in [2.75, 3.05) is 18.0 Å². The highest BCUT2D eigenvalue weighted by atomic mass is 19.3. The number of anilines is 1. The van der Waals surface area contributed by atoms with Crippen LogP contribution in [-0.4, -0.2) is 43.2 Å². The second-order valence-corrected chi connectivity index (χ2v) is 7.59. The van der Waals surface area contributed by atoms with Crippen LogP contribution in [0.4, 0.5) is 14.6 Å². The van der Waals surface area contributed by atoms with E-state index in [-0.39, 0.29) is 13.1 Å². The van der Waals surface area contributed by atoms with E-state index in [1.807, 2.05) is 36.2 Å². The van der Waals surface area contributed by atoms with Crippen LogP contribution in [0.1, 0.15) is 11.4 Å². The van der Waals surface area contributed by atoms with Gasteiger partial charge in [-0.3, -0.25) is 9.08 Å². The van der Waals surface area contributed by atoms with Crippen LogP contribution in [0.15, 0.2) is 42.9 Å². The molecule has 0 spiro atoms. The molecule has 1 aliphatic heterocycles. The zero-order valence-corrected chi connectivity index (χ0v) is 16.4. The summed E-state index contributed by atoms with van der Waals surface area (Å²) >= 11 is 0. The standard InChI is InChI=1S/C21H20F2N6/c1-13-4-6-15(7-5-13)18-16(10-25-27(18)3)17-19-20(28-11-21(22,23)12-28)24-8-9-29(19)14(2)26-17/h4-10H,11-12H2,1-3H3. The molecule has 6 nitrogen and oxygen atoms in total. The summed E-state index contributed by atoms with van der Waals surface area (Å²) in [5, 5.41) is 4.45. The van der Waals surface area contributed by atoms with Crippen molar-refractivity contribution >= 4 is 11.3 Å². The molecule has 4 aromatic rings. The quantitative estimate of drug-likeness (QED) is 0.529. The maximum Gasteiger partial charge on any atom is 0.282 e. The van der Waals surface area contributed by atoms with E-state index in [1.54, 1.807) is 17.3 Å². The van der Waals surface area contributed by atoms with Gasteiger partial charge in [0.05, 0.1) is 25.0 Å². The number of benzene rings is 1. The summed E-state index contributed by atoms with van der Waals surface area (Å²) in [5.74, 6) is -1.39. The van der Waals surface area contributed by atoms with Crippen molar-refractivity contribution in [2.24, 2.45) is 7.05 Å². The average Bonchev–Trinajstić information content (AvgIpc) is 3.21. The molecule has 1 aliphatic rings. The summed E-state index contributed by atoms with van der Waals surface area (Å²) in [5.41, 5.74) is 5.39. The number of aryl methyl sites for hydroxylation is 3. The second-order valence-electron chi connectivity index (χ2n) is 7.59. The van der Waals surface area contributed by atoms with E-state index in [2.05, 4.69) is 34.3 Å². The highest BCUT2D eigenvalue weighted by molar-refractivity contribution is 5.92. The fourth-order valence-corrected chi connectivity index (χ4v) is 3.92. The smallest absolute Gasteiger partial charge is 0.282 e. The van der Waals surface area contributed by atoms with Gasteiger partial charge in [-0.05, 0) is 13.8 Å². The largest absolute Gasteiger partial charge is 0.343 e. The van der Waals surface area contributed by atoms with E-state index in [9.17, 15) is 8.78 Å². The number of alkyl halides is 2. The van der Waals surface area contributed by atoms with Gasteiger partial charge >= 0.3 is 0 Å². The Morgan fingerprint density at radius 2 is 1.79 bits per heavy atom. The first-order valence-electron chi connectivity index (χ1n) is 9.40. The number of nitrogens with zero attached hydrogens (tertiary/aromatic N) is 6. The Bertz CT molecular complexity index is 1210. The van der Waals surface area contributed by atoms with Gasteiger partial charge in [-0.2, -0.15) is 5.10 Å². The third kappa shape index (κ3) is 2.78. The molecule has 0 aliphatic carbocycles. The van der Waals surface area contributed by atoms with Gasteiger partial charge < -0.3 is 4.90 Å². The van der Waals surface area contributed by atoms with Crippen LogP contribution in [0, 0.1) is 13.8 Å². The molecule has 29 heavy (non-hydrogen) atoms. The van der Waals surface area contributed by atoms with Crippen LogP contribution in [0.2, 0.25) is 0 Å². The van der Waals surface area contributed by atoms with Gasteiger partial charge in [-0.25, -0.2) is 18.7 Å². The number of aromatic nitrogens is 5. The average molecular weight is 394 g/mol. The van der Waals surface area contributed by atoms with Gasteiger partial charge in [0.25, 0.3) is 5.92 Å². The van der Waals surface area contributed by atoms with Gasteiger partial charge in [0.1, 0.15) is 17.0 Å². The first-order chi connectivity index (χ1) is 13.8. The number of hydrogen-bond donors (Lipinski definition) is 0. The Morgan fingerprint density at radius 3 is 2.48 bits per heavy atom. The van der Waals surface area contributed by atoms with Gasteiger partial charge in [0.2, 0.25) is 0 Å². The summed E-state index contributed by atoms with van der Waals surface area (Å²) in [6, 6.07) is 8.21. The van der Waals surface area contributed by atoms with Crippen molar-refractivity contribution in [3.05, 3.63) is 54.2 Å². The first kappa shape index (κ1) is 17.8. The monoisotopic (exact) mass is 394 g/mol. The summed E-state index contributed by atoms with van der Waals surface area (Å²) in [6.45, 7) is 3.27. The van der Waals surface area contributed by atoms with Crippen LogP contribution in [0.5, 0.6) is 0 Å². The molecule has 0 radical (unpaired) electrons. The van der Waals surface area contributed by atoms with E-state index in [4.69, 9.17) is 4.98 Å². The molecule has 3 aromatic heterocycles. The topological polar surface area (TPSA) is 51.2 Å². The number of rotatable bonds is 3. The minimum Gasteiger partial charge on any atom is -0.343 e. The molecule has 8 heteroatoms. The van der Waals surface area contributed by atoms with E-state index in [0.29, 0.717) is 11.5 Å². The predicted octanol–water partition coefficient (Wildman–Crippen LogP) is 3.87. The zero-order valence-electron chi connectivity index (χ0n) is 16.4. The van der Waals surface area contributed by atoms with Crippen LogP contribution >= 0.6 is 0 Å². The molecule has 0 atom stereocenters. The van der Waals surface area contributed by atoms with Crippen molar-refractivity contribution in [3.8, 4) is 22.5 Å². The molecule has 5 rings (SSSR count).